The average molecular weight is 314 g/mol. The van der Waals surface area contributed by atoms with E-state index < -0.39 is 0 Å². The van der Waals surface area contributed by atoms with Gasteiger partial charge in [0.2, 0.25) is 0 Å². The number of benzene rings is 2. The molecule has 0 saturated heterocycles. The number of ketones is 2. The molecule has 0 fully saturated rings. The molecule has 0 bridgehead atoms. The largest absolute Gasteiger partial charge is 1.00 e. The van der Waals surface area contributed by atoms with E-state index in [1.165, 1.54) is 0 Å². The van der Waals surface area contributed by atoms with Crippen LogP contribution in [0.15, 0.2) is 60.7 Å². The quantitative estimate of drug-likeness (QED) is 0.374. The molecule has 0 aromatic heterocycles. The second-order valence-electron chi connectivity index (χ2n) is 3.84. The summed E-state index contributed by atoms with van der Waals surface area (Å²) in [5, 5.41) is 12.0. The molecule has 0 radical (unpaired) electrons. The van der Waals surface area contributed by atoms with E-state index in [0.717, 1.165) is 11.1 Å². The molecule has 4 nitrogen and oxygen atoms in total. The van der Waals surface area contributed by atoms with Crippen LogP contribution in [-0.2, 0) is 0 Å². The van der Waals surface area contributed by atoms with Crippen LogP contribution in [0.25, 0.3) is 0 Å². The zero-order valence-corrected chi connectivity index (χ0v) is 15.6. The minimum absolute atomic E-state index is 0. The van der Waals surface area contributed by atoms with E-state index in [0.29, 0.717) is 0 Å². The molecule has 2 rings (SSSR count). The summed E-state index contributed by atoms with van der Waals surface area (Å²) >= 11 is 0. The van der Waals surface area contributed by atoms with E-state index >= 15 is 0 Å². The van der Waals surface area contributed by atoms with Gasteiger partial charge in [0.25, 0.3) is 0 Å². The van der Waals surface area contributed by atoms with Crippen LogP contribution in [0.2, 0.25) is 0 Å². The fourth-order valence-corrected chi connectivity index (χ4v) is 1.35. The third-order valence-corrected chi connectivity index (χ3v) is 2.36. The third-order valence-electron chi connectivity index (χ3n) is 2.36. The van der Waals surface area contributed by atoms with Crippen LogP contribution >= 0.6 is 0 Å². The summed E-state index contributed by atoms with van der Waals surface area (Å²) in [5.41, 5.74) is 1.55. The third kappa shape index (κ3) is 10.7. The maximum atomic E-state index is 10.6. The molecule has 0 aliphatic heterocycles. The van der Waals surface area contributed by atoms with Gasteiger partial charge in [-0.05, 0) is 13.8 Å². The first kappa shape index (κ1) is 22.6. The first-order valence-corrected chi connectivity index (χ1v) is 5.93. The molecule has 0 saturated carbocycles. The Balaban J connectivity index is -0.000000273. The van der Waals surface area contributed by atoms with Gasteiger partial charge >= 0.3 is 51.4 Å². The van der Waals surface area contributed by atoms with Crippen LogP contribution in [0.3, 0.4) is 0 Å². The number of Topliss-reactive ketones (excluding diaryl/α,β-unsaturated/α-hetero) is 2. The van der Waals surface area contributed by atoms with Gasteiger partial charge in [0.15, 0.2) is 11.6 Å². The summed E-state index contributed by atoms with van der Waals surface area (Å²) < 4.78 is 0. The minimum Gasteiger partial charge on any atom is -1.00 e. The molecule has 0 unspecified atom stereocenters. The number of rotatable bonds is 2. The van der Waals surface area contributed by atoms with Crippen molar-refractivity contribution in [3.63, 3.8) is 0 Å². The van der Waals surface area contributed by atoms with E-state index in [-0.39, 0.29) is 64.4 Å². The zero-order valence-electron chi connectivity index (χ0n) is 13.5. The van der Waals surface area contributed by atoms with E-state index in [9.17, 15) is 9.59 Å². The Morgan fingerprint density at radius 2 is 0.952 bits per heavy atom. The Kier molecular flexibility index (Phi) is 15.4. The first-order valence-electron chi connectivity index (χ1n) is 5.93. The summed E-state index contributed by atoms with van der Waals surface area (Å²) in [6.07, 6.45) is 0. The first-order chi connectivity index (χ1) is 9.61. The predicted molar refractivity (Wildman–Crippen MR) is 79.3 cm³/mol. The molecule has 108 valence electrons. The van der Waals surface area contributed by atoms with Gasteiger partial charge in [-0.25, -0.2) is 0 Å². The fraction of sp³-hybridized carbons (Fsp3) is 0.125. The molecule has 21 heavy (non-hydrogen) atoms. The van der Waals surface area contributed by atoms with Gasteiger partial charge < -0.3 is 1.43 Å². The van der Waals surface area contributed by atoms with Gasteiger partial charge in [0.05, 0.1) is 0 Å². The van der Waals surface area contributed by atoms with Crippen molar-refractivity contribution in [3.8, 4) is 0 Å². The van der Waals surface area contributed by atoms with Crippen LogP contribution in [0, 0.1) is 0 Å². The smallest absolute Gasteiger partial charge is 1.00 e. The SMILES string of the molecule is CC(=O)c1ccccc1.CC(=O)c1ccccc1.OO.[H-].[K+]. The fourth-order valence-electron chi connectivity index (χ4n) is 1.35. The molecule has 0 aliphatic carbocycles. The van der Waals surface area contributed by atoms with Crippen molar-refractivity contribution in [2.45, 2.75) is 13.8 Å². The van der Waals surface area contributed by atoms with Crippen LogP contribution in [0.4, 0.5) is 0 Å². The molecule has 0 spiro atoms. The molecule has 2 aromatic rings. The standard InChI is InChI=1S/2C8H8O.K.H2O2.H/c2*1-7(9)8-5-3-2-4-6-8;;1-2;/h2*2-6H,1H3;;1-2H;/q;;+1;;-1. The maximum absolute atomic E-state index is 10.6. The molecule has 0 heterocycles. The van der Waals surface area contributed by atoms with Crippen LogP contribution in [-0.4, -0.2) is 22.1 Å². The second kappa shape index (κ2) is 14.3. The van der Waals surface area contributed by atoms with Crippen LogP contribution in [0.1, 0.15) is 36.0 Å². The molecule has 0 aliphatic rings. The van der Waals surface area contributed by atoms with Crippen molar-refractivity contribution in [2.24, 2.45) is 0 Å². The molecular formula is C16H19KO4. The summed E-state index contributed by atoms with van der Waals surface area (Å²) in [6, 6.07) is 18.5. The predicted octanol–water partition coefficient (Wildman–Crippen LogP) is 0.912. The molecule has 0 amide bonds. The molecule has 2 N–H and O–H groups in total. The number of carbonyl (C=O) groups is 2. The van der Waals surface area contributed by atoms with E-state index in [4.69, 9.17) is 10.5 Å². The van der Waals surface area contributed by atoms with Gasteiger partial charge in [0, 0.05) is 11.1 Å². The van der Waals surface area contributed by atoms with Crippen molar-refractivity contribution in [3.05, 3.63) is 71.8 Å². The van der Waals surface area contributed by atoms with Crippen molar-refractivity contribution in [1.82, 2.24) is 0 Å². The molecule has 0 atom stereocenters. The Morgan fingerprint density at radius 1 is 0.714 bits per heavy atom. The van der Waals surface area contributed by atoms with Crippen molar-refractivity contribution >= 4 is 11.6 Å². The molecule has 5 heteroatoms. The van der Waals surface area contributed by atoms with Crippen molar-refractivity contribution < 1.29 is 72.9 Å². The topological polar surface area (TPSA) is 74.6 Å². The second-order valence-corrected chi connectivity index (χ2v) is 3.84. The van der Waals surface area contributed by atoms with E-state index in [1.54, 1.807) is 13.8 Å². The summed E-state index contributed by atoms with van der Waals surface area (Å²) in [6.45, 7) is 3.13. The minimum atomic E-state index is 0. The number of carbonyl (C=O) groups excluding carboxylic acids is 2. The summed E-state index contributed by atoms with van der Waals surface area (Å²) in [5.74, 6) is 0.242. The Bertz CT molecular complexity index is 469. The van der Waals surface area contributed by atoms with Gasteiger partial charge in [-0.15, -0.1) is 0 Å². The van der Waals surface area contributed by atoms with Gasteiger partial charge in [-0.2, -0.15) is 0 Å². The number of hydrogen-bond acceptors (Lipinski definition) is 4. The maximum Gasteiger partial charge on any atom is 1.00 e. The van der Waals surface area contributed by atoms with Crippen LogP contribution in [0.5, 0.6) is 0 Å². The normalized spacial score (nSPS) is 8.00. The Morgan fingerprint density at radius 3 is 1.10 bits per heavy atom. The summed E-state index contributed by atoms with van der Waals surface area (Å²) in [4.78, 5) is 21.3. The Labute approximate surface area is 168 Å². The zero-order chi connectivity index (χ0) is 15.4. The summed E-state index contributed by atoms with van der Waals surface area (Å²) in [7, 11) is 0. The van der Waals surface area contributed by atoms with Crippen LogP contribution < -0.4 is 51.4 Å². The van der Waals surface area contributed by atoms with E-state index in [1.807, 2.05) is 60.7 Å². The van der Waals surface area contributed by atoms with Gasteiger partial charge in [-0.1, -0.05) is 60.7 Å². The Hall–Kier alpha value is -0.664. The van der Waals surface area contributed by atoms with Crippen molar-refractivity contribution in [2.75, 3.05) is 0 Å². The van der Waals surface area contributed by atoms with Crippen molar-refractivity contribution in [1.29, 1.82) is 0 Å². The van der Waals surface area contributed by atoms with Gasteiger partial charge in [0.1, 0.15) is 0 Å². The molecular weight excluding hydrogens is 295 g/mol. The molecule has 2 aromatic carbocycles. The monoisotopic (exact) mass is 314 g/mol. The number of hydrogen-bond donors (Lipinski definition) is 2. The van der Waals surface area contributed by atoms with E-state index in [2.05, 4.69) is 0 Å². The average Bonchev–Trinajstić information content (AvgIpc) is 2.51. The van der Waals surface area contributed by atoms with Gasteiger partial charge in [-0.3, -0.25) is 20.1 Å².